The van der Waals surface area contributed by atoms with Gasteiger partial charge in [0.25, 0.3) is 0 Å². The number of guanidine groups is 1. The molecule has 0 atom stereocenters. The minimum Gasteiger partial charge on any atom is -0.385 e. The molecule has 0 fully saturated rings. The monoisotopic (exact) mass is 532 g/mol. The molecule has 2 N–H and O–H groups in total. The molecule has 1 aromatic carbocycles. The average Bonchev–Trinajstić information content (AvgIpc) is 3.17. The van der Waals surface area contributed by atoms with E-state index in [9.17, 15) is 4.39 Å². The predicted molar refractivity (Wildman–Crippen MR) is 131 cm³/mol. The Hall–Kier alpha value is -1.72. The molecule has 0 bridgehead atoms. The lowest BCUT2D eigenvalue weighted by atomic mass is 10.3. The zero-order valence-electron chi connectivity index (χ0n) is 18.1. The van der Waals surface area contributed by atoms with Crippen LogP contribution in [0.15, 0.2) is 41.5 Å². The van der Waals surface area contributed by atoms with Gasteiger partial charge < -0.3 is 20.3 Å². The standard InChI is InChI=1S/C21H33FN6O.HI/c1-4-23-21(25-13-16-27(2)14-5-17-29-3)24-12-10-19-11-15-28(26-19)20-8-6-18(22)7-9-20;/h6-9,11,15H,4-5,10,12-14,16-17H2,1-3H3,(H2,23,24,25);1H. The quantitative estimate of drug-likeness (QED) is 0.191. The van der Waals surface area contributed by atoms with Crippen LogP contribution >= 0.6 is 24.0 Å². The van der Waals surface area contributed by atoms with Crippen molar-refractivity contribution in [1.82, 2.24) is 25.3 Å². The number of hydrogen-bond acceptors (Lipinski definition) is 4. The lowest BCUT2D eigenvalue weighted by Crippen LogP contribution is -2.39. The molecule has 168 valence electrons. The van der Waals surface area contributed by atoms with Crippen molar-refractivity contribution in [2.75, 3.05) is 53.5 Å². The lowest BCUT2D eigenvalue weighted by molar-refractivity contribution is 0.180. The van der Waals surface area contributed by atoms with Crippen LogP contribution in [0.4, 0.5) is 4.39 Å². The zero-order valence-corrected chi connectivity index (χ0v) is 20.4. The van der Waals surface area contributed by atoms with E-state index in [1.165, 1.54) is 12.1 Å². The molecule has 1 aromatic heterocycles. The molecule has 0 saturated carbocycles. The van der Waals surface area contributed by atoms with Crippen molar-refractivity contribution < 1.29 is 9.13 Å². The molecule has 0 aliphatic heterocycles. The second-order valence-electron chi connectivity index (χ2n) is 6.82. The van der Waals surface area contributed by atoms with Gasteiger partial charge >= 0.3 is 0 Å². The Morgan fingerprint density at radius 1 is 1.20 bits per heavy atom. The highest BCUT2D eigenvalue weighted by Crippen LogP contribution is 2.09. The summed E-state index contributed by atoms with van der Waals surface area (Å²) in [6.07, 6.45) is 3.69. The molecular formula is C21H34FIN6O. The van der Waals surface area contributed by atoms with E-state index in [0.717, 1.165) is 69.5 Å². The van der Waals surface area contributed by atoms with Crippen molar-refractivity contribution in [1.29, 1.82) is 0 Å². The van der Waals surface area contributed by atoms with Gasteiger partial charge in [0.2, 0.25) is 0 Å². The van der Waals surface area contributed by atoms with Crippen LogP contribution in [0.5, 0.6) is 0 Å². The summed E-state index contributed by atoms with van der Waals surface area (Å²) in [5.41, 5.74) is 1.81. The van der Waals surface area contributed by atoms with Gasteiger partial charge in [-0.05, 0) is 50.7 Å². The summed E-state index contributed by atoms with van der Waals surface area (Å²) in [5.74, 6) is 0.567. The van der Waals surface area contributed by atoms with Crippen LogP contribution in [0.1, 0.15) is 19.0 Å². The van der Waals surface area contributed by atoms with Gasteiger partial charge in [-0.3, -0.25) is 4.99 Å². The Morgan fingerprint density at radius 2 is 1.97 bits per heavy atom. The van der Waals surface area contributed by atoms with Crippen molar-refractivity contribution in [3.8, 4) is 5.69 Å². The molecule has 9 heteroatoms. The number of halogens is 2. The second-order valence-corrected chi connectivity index (χ2v) is 6.82. The van der Waals surface area contributed by atoms with E-state index in [1.807, 2.05) is 12.3 Å². The molecule has 0 amide bonds. The first-order chi connectivity index (χ1) is 14.1. The van der Waals surface area contributed by atoms with Crippen LogP contribution in [0.2, 0.25) is 0 Å². The first-order valence-electron chi connectivity index (χ1n) is 10.1. The molecule has 1 heterocycles. The number of benzene rings is 1. The van der Waals surface area contributed by atoms with E-state index in [-0.39, 0.29) is 29.8 Å². The number of ether oxygens (including phenoxy) is 1. The minimum absolute atomic E-state index is 0. The van der Waals surface area contributed by atoms with Crippen LogP contribution in [0.3, 0.4) is 0 Å². The maximum Gasteiger partial charge on any atom is 0.191 e. The number of likely N-dealkylation sites (N-methyl/N-ethyl adjacent to an activating group) is 1. The molecule has 0 unspecified atom stereocenters. The van der Waals surface area contributed by atoms with Gasteiger partial charge in [0.15, 0.2) is 5.96 Å². The summed E-state index contributed by atoms with van der Waals surface area (Å²) < 4.78 is 19.9. The predicted octanol–water partition coefficient (Wildman–Crippen LogP) is 2.70. The van der Waals surface area contributed by atoms with E-state index in [1.54, 1.807) is 23.9 Å². The molecule has 0 aliphatic carbocycles. The number of rotatable bonds is 12. The smallest absolute Gasteiger partial charge is 0.191 e. The number of aliphatic imine (C=N–C) groups is 1. The zero-order chi connectivity index (χ0) is 20.9. The second kappa shape index (κ2) is 15.1. The van der Waals surface area contributed by atoms with Crippen LogP contribution in [-0.2, 0) is 11.2 Å². The Kier molecular flexibility index (Phi) is 13.3. The summed E-state index contributed by atoms with van der Waals surface area (Å²) in [7, 11) is 3.83. The average molecular weight is 532 g/mol. The van der Waals surface area contributed by atoms with Crippen molar-refractivity contribution in [3.63, 3.8) is 0 Å². The minimum atomic E-state index is -0.248. The molecule has 0 saturated heterocycles. The van der Waals surface area contributed by atoms with E-state index < -0.39 is 0 Å². The van der Waals surface area contributed by atoms with Crippen LogP contribution in [0, 0.1) is 5.82 Å². The summed E-state index contributed by atoms with van der Waals surface area (Å²) in [4.78, 5) is 6.89. The number of methoxy groups -OCH3 is 1. The molecular weight excluding hydrogens is 498 g/mol. The fourth-order valence-electron chi connectivity index (χ4n) is 2.81. The number of aromatic nitrogens is 2. The fourth-order valence-corrected chi connectivity index (χ4v) is 2.81. The first kappa shape index (κ1) is 26.3. The van der Waals surface area contributed by atoms with E-state index >= 15 is 0 Å². The van der Waals surface area contributed by atoms with E-state index in [2.05, 4.69) is 39.6 Å². The number of hydrogen-bond donors (Lipinski definition) is 2. The van der Waals surface area contributed by atoms with E-state index in [0.29, 0.717) is 0 Å². The van der Waals surface area contributed by atoms with Gasteiger partial charge in [0.05, 0.1) is 17.9 Å². The first-order valence-corrected chi connectivity index (χ1v) is 10.1. The Balaban J connectivity index is 0.00000450. The van der Waals surface area contributed by atoms with Crippen LogP contribution in [-0.4, -0.2) is 74.1 Å². The normalized spacial score (nSPS) is 11.4. The van der Waals surface area contributed by atoms with E-state index in [4.69, 9.17) is 4.74 Å². The topological polar surface area (TPSA) is 66.7 Å². The molecule has 2 aromatic rings. The molecule has 0 spiro atoms. The molecule has 0 radical (unpaired) electrons. The fraction of sp³-hybridized carbons (Fsp3) is 0.524. The van der Waals surface area contributed by atoms with Gasteiger partial charge in [-0.1, -0.05) is 0 Å². The van der Waals surface area contributed by atoms with Crippen molar-refractivity contribution in [2.24, 2.45) is 4.99 Å². The van der Waals surface area contributed by atoms with Crippen LogP contribution < -0.4 is 10.6 Å². The third kappa shape index (κ3) is 9.86. The maximum atomic E-state index is 13.1. The molecule has 0 aliphatic rings. The highest BCUT2D eigenvalue weighted by Gasteiger charge is 2.04. The van der Waals surface area contributed by atoms with Gasteiger partial charge in [-0.25, -0.2) is 9.07 Å². The van der Waals surface area contributed by atoms with Gasteiger partial charge in [-0.2, -0.15) is 5.10 Å². The Labute approximate surface area is 196 Å². The van der Waals surface area contributed by atoms with Gasteiger partial charge in [-0.15, -0.1) is 24.0 Å². The van der Waals surface area contributed by atoms with Crippen molar-refractivity contribution >= 4 is 29.9 Å². The Morgan fingerprint density at radius 3 is 2.67 bits per heavy atom. The summed E-state index contributed by atoms with van der Waals surface area (Å²) >= 11 is 0. The largest absolute Gasteiger partial charge is 0.385 e. The lowest BCUT2D eigenvalue weighted by Gasteiger charge is -2.16. The van der Waals surface area contributed by atoms with Crippen LogP contribution in [0.25, 0.3) is 5.69 Å². The van der Waals surface area contributed by atoms with Crippen molar-refractivity contribution in [2.45, 2.75) is 19.8 Å². The van der Waals surface area contributed by atoms with Gasteiger partial charge in [0, 0.05) is 52.5 Å². The molecule has 2 rings (SSSR count). The number of nitrogens with one attached hydrogen (secondary N) is 2. The summed E-state index contributed by atoms with van der Waals surface area (Å²) in [6.45, 7) is 7.03. The highest BCUT2D eigenvalue weighted by molar-refractivity contribution is 14.0. The van der Waals surface area contributed by atoms with Crippen molar-refractivity contribution in [3.05, 3.63) is 48.0 Å². The molecule has 30 heavy (non-hydrogen) atoms. The number of nitrogens with zero attached hydrogens (tertiary/aromatic N) is 4. The third-order valence-corrected chi connectivity index (χ3v) is 4.39. The summed E-state index contributed by atoms with van der Waals surface area (Å²) in [6, 6.07) is 8.28. The molecule has 7 nitrogen and oxygen atoms in total. The summed E-state index contributed by atoms with van der Waals surface area (Å²) in [5, 5.41) is 11.2. The highest BCUT2D eigenvalue weighted by atomic mass is 127. The Bertz CT molecular complexity index is 737. The third-order valence-electron chi connectivity index (χ3n) is 4.39. The SMILES string of the molecule is CCNC(=NCCN(C)CCCOC)NCCc1ccn(-c2ccc(F)cc2)n1.I. The van der Waals surface area contributed by atoms with Gasteiger partial charge in [0.1, 0.15) is 5.82 Å². The maximum absolute atomic E-state index is 13.1.